The second-order valence-electron chi connectivity index (χ2n) is 4.95. The Balaban J connectivity index is 1.82. The third-order valence-electron chi connectivity index (χ3n) is 3.29. The predicted molar refractivity (Wildman–Crippen MR) is 83.3 cm³/mol. The van der Waals surface area contributed by atoms with Gasteiger partial charge in [-0.3, -0.25) is 20.4 Å². The number of aryl methyl sites for hydroxylation is 1. The Morgan fingerprint density at radius 2 is 1.79 bits per heavy atom. The van der Waals surface area contributed by atoms with Gasteiger partial charge in [0.15, 0.2) is 11.6 Å². The molecule has 5 nitrogen and oxygen atoms in total. The smallest absolute Gasteiger partial charge is 0.272 e. The van der Waals surface area contributed by atoms with Crippen LogP contribution in [0.5, 0.6) is 5.75 Å². The molecule has 0 aromatic heterocycles. The molecule has 2 aromatic rings. The standard InChI is InChI=1S/C17H16F2N2O3/c1-24-15-8-6-11(10-14(15)19)7-9-16(22)20-21-17(23)12-4-2-3-5-13(12)18/h2-6,8,10H,7,9H2,1H3,(H,20,22)(H,21,23). The van der Waals surface area contributed by atoms with E-state index < -0.39 is 23.4 Å². The van der Waals surface area contributed by atoms with Gasteiger partial charge < -0.3 is 4.74 Å². The van der Waals surface area contributed by atoms with Crippen LogP contribution < -0.4 is 15.6 Å². The molecule has 0 aliphatic carbocycles. The number of carbonyl (C=O) groups is 2. The van der Waals surface area contributed by atoms with Gasteiger partial charge >= 0.3 is 0 Å². The number of amides is 2. The van der Waals surface area contributed by atoms with E-state index in [1.54, 1.807) is 6.07 Å². The van der Waals surface area contributed by atoms with Crippen molar-refractivity contribution in [1.82, 2.24) is 10.9 Å². The molecule has 0 atom stereocenters. The van der Waals surface area contributed by atoms with Crippen molar-refractivity contribution in [2.24, 2.45) is 0 Å². The fraction of sp³-hybridized carbons (Fsp3) is 0.176. The number of nitrogens with one attached hydrogen (secondary N) is 2. The number of hydrogen-bond donors (Lipinski definition) is 2. The molecule has 0 saturated carbocycles. The first-order valence-corrected chi connectivity index (χ1v) is 7.17. The van der Waals surface area contributed by atoms with E-state index in [0.717, 1.165) is 6.07 Å². The summed E-state index contributed by atoms with van der Waals surface area (Å²) in [6, 6.07) is 9.82. The van der Waals surface area contributed by atoms with Crippen LogP contribution in [0.25, 0.3) is 0 Å². The first kappa shape index (κ1) is 17.4. The van der Waals surface area contributed by atoms with E-state index in [9.17, 15) is 18.4 Å². The number of carbonyl (C=O) groups excluding carboxylic acids is 2. The zero-order chi connectivity index (χ0) is 17.5. The lowest BCUT2D eigenvalue weighted by atomic mass is 10.1. The lowest BCUT2D eigenvalue weighted by Crippen LogP contribution is -2.42. The molecule has 0 fully saturated rings. The molecule has 0 unspecified atom stereocenters. The van der Waals surface area contributed by atoms with Crippen LogP contribution in [-0.4, -0.2) is 18.9 Å². The molecule has 24 heavy (non-hydrogen) atoms. The second kappa shape index (κ2) is 8.05. The Kier molecular flexibility index (Phi) is 5.83. The Morgan fingerprint density at radius 3 is 2.46 bits per heavy atom. The minimum absolute atomic E-state index is 0.0311. The molecule has 7 heteroatoms. The van der Waals surface area contributed by atoms with E-state index in [0.29, 0.717) is 5.56 Å². The topological polar surface area (TPSA) is 67.4 Å². The third kappa shape index (κ3) is 4.52. The maximum Gasteiger partial charge on any atom is 0.272 e. The first-order chi connectivity index (χ1) is 11.5. The van der Waals surface area contributed by atoms with Crippen LogP contribution in [0.4, 0.5) is 8.78 Å². The normalized spacial score (nSPS) is 10.1. The molecular formula is C17H16F2N2O3. The highest BCUT2D eigenvalue weighted by molar-refractivity contribution is 5.95. The van der Waals surface area contributed by atoms with Crippen molar-refractivity contribution >= 4 is 11.8 Å². The molecular weight excluding hydrogens is 318 g/mol. The summed E-state index contributed by atoms with van der Waals surface area (Å²) in [4.78, 5) is 23.4. The molecule has 2 rings (SSSR count). The highest BCUT2D eigenvalue weighted by atomic mass is 19.1. The summed E-state index contributed by atoms with van der Waals surface area (Å²) < 4.78 is 31.8. The molecule has 0 spiro atoms. The molecule has 126 valence electrons. The van der Waals surface area contributed by atoms with Gasteiger partial charge in [-0.25, -0.2) is 8.78 Å². The van der Waals surface area contributed by atoms with E-state index in [4.69, 9.17) is 4.74 Å². The number of hydrazine groups is 1. The Bertz CT molecular complexity index is 750. The maximum atomic E-state index is 13.5. The molecule has 0 heterocycles. The SMILES string of the molecule is COc1ccc(CCC(=O)NNC(=O)c2ccccc2F)cc1F. The summed E-state index contributed by atoms with van der Waals surface area (Å²) in [5.74, 6) is -2.30. The van der Waals surface area contributed by atoms with Crippen molar-refractivity contribution in [2.45, 2.75) is 12.8 Å². The highest BCUT2D eigenvalue weighted by Crippen LogP contribution is 2.18. The number of rotatable bonds is 5. The number of ether oxygens (including phenoxy) is 1. The molecule has 2 amide bonds. The Hall–Kier alpha value is -2.96. The number of methoxy groups -OCH3 is 1. The van der Waals surface area contributed by atoms with Crippen LogP contribution in [-0.2, 0) is 11.2 Å². The van der Waals surface area contributed by atoms with E-state index in [2.05, 4.69) is 10.9 Å². The number of halogens is 2. The number of benzene rings is 2. The van der Waals surface area contributed by atoms with Crippen LogP contribution in [0.1, 0.15) is 22.3 Å². The van der Waals surface area contributed by atoms with E-state index in [1.807, 2.05) is 0 Å². The lowest BCUT2D eigenvalue weighted by Gasteiger charge is -2.08. The molecule has 0 aliphatic rings. The van der Waals surface area contributed by atoms with Gasteiger partial charge in [0.05, 0.1) is 12.7 Å². The van der Waals surface area contributed by atoms with Crippen LogP contribution in [0.15, 0.2) is 42.5 Å². The molecule has 0 bridgehead atoms. The van der Waals surface area contributed by atoms with Crippen molar-refractivity contribution in [3.8, 4) is 5.75 Å². The van der Waals surface area contributed by atoms with Gasteiger partial charge in [-0.05, 0) is 36.2 Å². The fourth-order valence-corrected chi connectivity index (χ4v) is 2.02. The van der Waals surface area contributed by atoms with E-state index in [-0.39, 0.29) is 24.2 Å². The first-order valence-electron chi connectivity index (χ1n) is 7.17. The molecule has 0 radical (unpaired) electrons. The van der Waals surface area contributed by atoms with Gasteiger partial charge in [-0.15, -0.1) is 0 Å². The van der Waals surface area contributed by atoms with Crippen LogP contribution in [0.2, 0.25) is 0 Å². The maximum absolute atomic E-state index is 13.5. The molecule has 2 N–H and O–H groups in total. The largest absolute Gasteiger partial charge is 0.494 e. The minimum Gasteiger partial charge on any atom is -0.494 e. The molecule has 0 saturated heterocycles. The summed E-state index contributed by atoms with van der Waals surface area (Å²) in [7, 11) is 1.36. The van der Waals surface area contributed by atoms with Crippen molar-refractivity contribution < 1.29 is 23.1 Å². The fourth-order valence-electron chi connectivity index (χ4n) is 2.02. The summed E-state index contributed by atoms with van der Waals surface area (Å²) in [6.07, 6.45) is 0.311. The van der Waals surface area contributed by atoms with E-state index >= 15 is 0 Å². The second-order valence-corrected chi connectivity index (χ2v) is 4.95. The third-order valence-corrected chi connectivity index (χ3v) is 3.29. The Labute approximate surface area is 137 Å². The Morgan fingerprint density at radius 1 is 1.04 bits per heavy atom. The monoisotopic (exact) mass is 334 g/mol. The van der Waals surface area contributed by atoms with Crippen molar-refractivity contribution in [3.63, 3.8) is 0 Å². The van der Waals surface area contributed by atoms with Gasteiger partial charge in [-0.2, -0.15) is 0 Å². The van der Waals surface area contributed by atoms with Gasteiger partial charge in [0.2, 0.25) is 5.91 Å². The van der Waals surface area contributed by atoms with Gasteiger partial charge in [0.1, 0.15) is 5.82 Å². The highest BCUT2D eigenvalue weighted by Gasteiger charge is 2.12. The van der Waals surface area contributed by atoms with E-state index in [1.165, 1.54) is 37.4 Å². The molecule has 2 aromatic carbocycles. The number of hydrogen-bond acceptors (Lipinski definition) is 3. The van der Waals surface area contributed by atoms with Crippen molar-refractivity contribution in [2.75, 3.05) is 7.11 Å². The van der Waals surface area contributed by atoms with Gasteiger partial charge in [0.25, 0.3) is 5.91 Å². The summed E-state index contributed by atoms with van der Waals surface area (Å²) in [6.45, 7) is 0. The lowest BCUT2D eigenvalue weighted by molar-refractivity contribution is -0.121. The average molecular weight is 334 g/mol. The van der Waals surface area contributed by atoms with Gasteiger partial charge in [0, 0.05) is 6.42 Å². The van der Waals surface area contributed by atoms with Crippen LogP contribution in [0, 0.1) is 11.6 Å². The van der Waals surface area contributed by atoms with Crippen LogP contribution in [0.3, 0.4) is 0 Å². The average Bonchev–Trinajstić information content (AvgIpc) is 2.58. The van der Waals surface area contributed by atoms with Crippen molar-refractivity contribution in [3.05, 3.63) is 65.2 Å². The quantitative estimate of drug-likeness (QED) is 0.825. The summed E-state index contributed by atoms with van der Waals surface area (Å²) >= 11 is 0. The summed E-state index contributed by atoms with van der Waals surface area (Å²) in [5.41, 5.74) is 4.77. The zero-order valence-corrected chi connectivity index (χ0v) is 12.9. The minimum atomic E-state index is -0.753. The van der Waals surface area contributed by atoms with Gasteiger partial charge in [-0.1, -0.05) is 18.2 Å². The zero-order valence-electron chi connectivity index (χ0n) is 12.9. The molecule has 0 aliphatic heterocycles. The van der Waals surface area contributed by atoms with Crippen molar-refractivity contribution in [1.29, 1.82) is 0 Å². The summed E-state index contributed by atoms with van der Waals surface area (Å²) in [5, 5.41) is 0. The predicted octanol–water partition coefficient (Wildman–Crippen LogP) is 2.37. The van der Waals surface area contributed by atoms with Crippen LogP contribution >= 0.6 is 0 Å².